The van der Waals surface area contributed by atoms with Gasteiger partial charge in [-0.3, -0.25) is 4.79 Å². The molecule has 0 saturated carbocycles. The van der Waals surface area contributed by atoms with Crippen molar-refractivity contribution < 1.29 is 31.5 Å². The van der Waals surface area contributed by atoms with Crippen molar-refractivity contribution in [1.29, 1.82) is 0 Å². The van der Waals surface area contributed by atoms with Gasteiger partial charge in [-0.2, -0.15) is 0 Å². The van der Waals surface area contributed by atoms with Crippen LogP contribution >= 0.6 is 0 Å². The second kappa shape index (κ2) is 16.8. The first-order valence-electron chi connectivity index (χ1n) is 1.37. The molecule has 0 aromatic carbocycles. The van der Waals surface area contributed by atoms with Gasteiger partial charge in [0, 0.05) is 30.5 Å². The zero-order chi connectivity index (χ0) is 5.58. The fourth-order valence-electron chi connectivity index (χ4n) is 0. The van der Waals surface area contributed by atoms with E-state index in [0.717, 1.165) is 14.0 Å². The number of hydrogen-bond donors (Lipinski definition) is 2. The van der Waals surface area contributed by atoms with E-state index < -0.39 is 5.97 Å². The van der Waals surface area contributed by atoms with Gasteiger partial charge in [-0.25, -0.2) is 0 Å². The summed E-state index contributed by atoms with van der Waals surface area (Å²) in [5.74, 6) is -0.833. The third kappa shape index (κ3) is 15600. The van der Waals surface area contributed by atoms with Gasteiger partial charge in [0.05, 0.1) is 0 Å². The Morgan fingerprint density at radius 1 is 1.43 bits per heavy atom. The number of rotatable bonds is 0. The van der Waals surface area contributed by atoms with Crippen molar-refractivity contribution in [2.24, 2.45) is 0 Å². The smallest absolute Gasteiger partial charge is 0.300 e. The summed E-state index contributed by atoms with van der Waals surface area (Å²) >= 11 is 0. The monoisotopic (exact) mass is 150 g/mol. The molecule has 2 N–H and O–H groups in total. The van der Waals surface area contributed by atoms with E-state index in [1.807, 2.05) is 0 Å². The molecule has 0 aliphatic rings. The molecule has 0 bridgehead atoms. The molecule has 0 saturated heterocycles. The first-order chi connectivity index (χ1) is 2.73. The predicted octanol–water partition coefficient (Wildman–Crippen LogP) is -0.303. The molecule has 0 aromatic heterocycles. The predicted molar refractivity (Wildman–Crippen MR) is 21.5 cm³/mol. The summed E-state index contributed by atoms with van der Waals surface area (Å²) in [7, 11) is 1.00. The van der Waals surface area contributed by atoms with E-state index in [9.17, 15) is 0 Å². The van der Waals surface area contributed by atoms with E-state index in [1.54, 1.807) is 0 Å². The number of aliphatic carboxylic acids is 1. The normalized spacial score (nSPS) is 4.43. The Kier molecular flexibility index (Phi) is 37.9. The van der Waals surface area contributed by atoms with Crippen LogP contribution in [0, 0.1) is 0 Å². The maximum Gasteiger partial charge on any atom is 0.300 e. The largest absolute Gasteiger partial charge is 0.481 e. The molecule has 0 unspecified atom stereocenters. The van der Waals surface area contributed by atoms with Gasteiger partial charge in [-0.15, -0.1) is 0 Å². The molecular formula is C3H8NiO3. The molecule has 7 heavy (non-hydrogen) atoms. The third-order valence-electron chi connectivity index (χ3n) is 0. The van der Waals surface area contributed by atoms with Crippen molar-refractivity contribution in [2.45, 2.75) is 6.92 Å². The molecule has 0 atom stereocenters. The van der Waals surface area contributed by atoms with Crippen LogP contribution in [0.2, 0.25) is 0 Å². The van der Waals surface area contributed by atoms with E-state index in [4.69, 9.17) is 15.0 Å². The third-order valence-corrected chi connectivity index (χ3v) is 0. The van der Waals surface area contributed by atoms with E-state index in [2.05, 4.69) is 0 Å². The minimum Gasteiger partial charge on any atom is -0.481 e. The van der Waals surface area contributed by atoms with Crippen LogP contribution in [0.25, 0.3) is 0 Å². The van der Waals surface area contributed by atoms with Crippen LogP contribution in [0.3, 0.4) is 0 Å². The second-order valence-electron chi connectivity index (χ2n) is 0.519. The molecule has 0 aliphatic heterocycles. The van der Waals surface area contributed by atoms with Gasteiger partial charge in [0.1, 0.15) is 0 Å². The standard InChI is InChI=1S/C2H4O2.CH4O.Ni/c1-2(3)4;1-2;/h1H3,(H,3,4);2H,1H3;. The Morgan fingerprint density at radius 2 is 1.43 bits per heavy atom. The van der Waals surface area contributed by atoms with Crippen LogP contribution in [0.5, 0.6) is 0 Å². The van der Waals surface area contributed by atoms with Crippen molar-refractivity contribution in [2.75, 3.05) is 7.11 Å². The molecule has 48 valence electrons. The SMILES string of the molecule is CC(=O)O.CO.[Ni]. The zero-order valence-corrected chi connectivity index (χ0v) is 5.11. The van der Waals surface area contributed by atoms with Crippen LogP contribution in [-0.4, -0.2) is 23.3 Å². The first kappa shape index (κ1) is 15.8. The number of carboxylic acid groups (broad SMARTS) is 1. The topological polar surface area (TPSA) is 57.5 Å². The Morgan fingerprint density at radius 3 is 1.43 bits per heavy atom. The van der Waals surface area contributed by atoms with Gasteiger partial charge in [0.25, 0.3) is 5.97 Å². The number of aliphatic hydroxyl groups is 1. The summed E-state index contributed by atoms with van der Waals surface area (Å²) in [6.07, 6.45) is 0. The average Bonchev–Trinajstić information content (AvgIpc) is 1.41. The molecule has 0 radical (unpaired) electrons. The molecule has 0 amide bonds. The second-order valence-corrected chi connectivity index (χ2v) is 0.519. The Hall–Kier alpha value is -0.0765. The molecule has 0 rings (SSSR count). The number of carboxylic acids is 1. The Balaban J connectivity index is -0.0000000480. The van der Waals surface area contributed by atoms with Gasteiger partial charge in [0.2, 0.25) is 0 Å². The fourth-order valence-corrected chi connectivity index (χ4v) is 0. The van der Waals surface area contributed by atoms with Crippen molar-refractivity contribution in [3.8, 4) is 0 Å². The summed E-state index contributed by atoms with van der Waals surface area (Å²) in [5.41, 5.74) is 0. The van der Waals surface area contributed by atoms with Crippen LogP contribution in [0.1, 0.15) is 6.92 Å². The summed E-state index contributed by atoms with van der Waals surface area (Å²) in [4.78, 5) is 9.00. The van der Waals surface area contributed by atoms with E-state index in [-0.39, 0.29) is 16.5 Å². The summed E-state index contributed by atoms with van der Waals surface area (Å²) in [5, 5.41) is 14.4. The molecule has 0 aromatic rings. The molecule has 0 heterocycles. The Bertz CT molecular complexity index is 33.2. The molecule has 3 nitrogen and oxygen atoms in total. The van der Waals surface area contributed by atoms with Gasteiger partial charge in [-0.05, 0) is 0 Å². The minimum atomic E-state index is -0.833. The van der Waals surface area contributed by atoms with Crippen molar-refractivity contribution in [1.82, 2.24) is 0 Å². The maximum absolute atomic E-state index is 9.00. The summed E-state index contributed by atoms with van der Waals surface area (Å²) in [6, 6.07) is 0. The minimum absolute atomic E-state index is 0. The van der Waals surface area contributed by atoms with Crippen molar-refractivity contribution in [3.63, 3.8) is 0 Å². The van der Waals surface area contributed by atoms with Crippen LogP contribution < -0.4 is 0 Å². The zero-order valence-electron chi connectivity index (χ0n) is 4.12. The van der Waals surface area contributed by atoms with E-state index in [0.29, 0.717) is 0 Å². The molecule has 0 fully saturated rings. The number of carbonyl (C=O) groups is 1. The molecule has 0 aliphatic carbocycles. The van der Waals surface area contributed by atoms with Crippen LogP contribution in [0.15, 0.2) is 0 Å². The first-order valence-corrected chi connectivity index (χ1v) is 1.37. The number of aliphatic hydroxyl groups excluding tert-OH is 1. The van der Waals surface area contributed by atoms with Crippen molar-refractivity contribution >= 4 is 5.97 Å². The van der Waals surface area contributed by atoms with Crippen molar-refractivity contribution in [3.05, 3.63) is 0 Å². The van der Waals surface area contributed by atoms with Gasteiger partial charge < -0.3 is 10.2 Å². The van der Waals surface area contributed by atoms with Gasteiger partial charge >= 0.3 is 0 Å². The fraction of sp³-hybridized carbons (Fsp3) is 0.667. The number of hydrogen-bond acceptors (Lipinski definition) is 2. The van der Waals surface area contributed by atoms with Crippen LogP contribution in [-0.2, 0) is 21.3 Å². The molecular weight excluding hydrogens is 143 g/mol. The summed E-state index contributed by atoms with van der Waals surface area (Å²) in [6.45, 7) is 1.08. The van der Waals surface area contributed by atoms with Gasteiger partial charge in [-0.1, -0.05) is 0 Å². The molecule has 4 heteroatoms. The maximum atomic E-state index is 9.00. The van der Waals surface area contributed by atoms with E-state index in [1.165, 1.54) is 0 Å². The Labute approximate surface area is 52.3 Å². The van der Waals surface area contributed by atoms with Crippen LogP contribution in [0.4, 0.5) is 0 Å². The van der Waals surface area contributed by atoms with E-state index >= 15 is 0 Å². The summed E-state index contributed by atoms with van der Waals surface area (Å²) < 4.78 is 0. The molecule has 0 spiro atoms. The van der Waals surface area contributed by atoms with Gasteiger partial charge in [0.15, 0.2) is 0 Å². The average molecular weight is 151 g/mol. The quantitative estimate of drug-likeness (QED) is 0.467.